The molecule has 0 bridgehead atoms. The van der Waals surface area contributed by atoms with E-state index in [1.165, 1.54) is 6.07 Å². The molecule has 11 nitrogen and oxygen atoms in total. The van der Waals surface area contributed by atoms with Crippen LogP contribution in [0.5, 0.6) is 5.88 Å². The monoisotopic (exact) mass is 546 g/mol. The number of likely N-dealkylation sites (tertiary alicyclic amines) is 1. The summed E-state index contributed by atoms with van der Waals surface area (Å²) >= 11 is 0. The summed E-state index contributed by atoms with van der Waals surface area (Å²) in [4.78, 5) is 26.9. The van der Waals surface area contributed by atoms with Crippen LogP contribution in [0.3, 0.4) is 0 Å². The molecule has 4 aromatic rings. The zero-order chi connectivity index (χ0) is 27.6. The van der Waals surface area contributed by atoms with Gasteiger partial charge >= 0.3 is 11.9 Å². The second-order valence-electron chi connectivity index (χ2n) is 10.0. The summed E-state index contributed by atoms with van der Waals surface area (Å²) < 4.78 is 33.0. The van der Waals surface area contributed by atoms with Crippen molar-refractivity contribution in [1.82, 2.24) is 24.4 Å². The fourth-order valence-electron chi connectivity index (χ4n) is 5.10. The topological polar surface area (TPSA) is 140 Å². The number of benzene rings is 1. The van der Waals surface area contributed by atoms with Crippen molar-refractivity contribution in [2.75, 3.05) is 19.7 Å². The van der Waals surface area contributed by atoms with Crippen molar-refractivity contribution in [1.29, 1.82) is 5.26 Å². The number of oxazole rings is 1. The second kappa shape index (κ2) is 11.0. The van der Waals surface area contributed by atoms with Gasteiger partial charge in [-0.1, -0.05) is 12.1 Å². The molecular weight excluding hydrogens is 519 g/mol. The van der Waals surface area contributed by atoms with Crippen LogP contribution in [0.1, 0.15) is 58.5 Å². The largest absolute Gasteiger partial charge is 0.474 e. The molecule has 0 spiro atoms. The summed E-state index contributed by atoms with van der Waals surface area (Å²) in [7, 11) is 0. The molecule has 12 heteroatoms. The van der Waals surface area contributed by atoms with E-state index in [1.807, 2.05) is 22.8 Å². The number of imidazole rings is 1. The van der Waals surface area contributed by atoms with Crippen molar-refractivity contribution < 1.29 is 28.2 Å². The average molecular weight is 547 g/mol. The maximum atomic E-state index is 14.2. The summed E-state index contributed by atoms with van der Waals surface area (Å²) in [5.41, 5.74) is 2.22. The number of carboxylic acids is 1. The third-order valence-corrected chi connectivity index (χ3v) is 7.42. The summed E-state index contributed by atoms with van der Waals surface area (Å²) in [5.74, 6) is -0.609. The fraction of sp³-hybridized carbons (Fsp3) is 0.393. The SMILES string of the molecule is N#Cc1ccc(COc2cccc(C3CCN(Cc4nc5nc(C(=O)O)oc5n4C[C@@H]4CCO4)CC3)n2)c(F)c1. The third kappa shape index (κ3) is 5.38. The Morgan fingerprint density at radius 2 is 2.00 bits per heavy atom. The van der Waals surface area contributed by atoms with Gasteiger partial charge in [0.2, 0.25) is 17.2 Å². The van der Waals surface area contributed by atoms with Crippen LogP contribution in [-0.4, -0.2) is 61.3 Å². The first kappa shape index (κ1) is 25.9. The smallest absolute Gasteiger partial charge is 0.392 e. The second-order valence-corrected chi connectivity index (χ2v) is 10.0. The van der Waals surface area contributed by atoms with E-state index in [0.717, 1.165) is 43.9 Å². The van der Waals surface area contributed by atoms with E-state index in [9.17, 15) is 14.3 Å². The highest BCUT2D eigenvalue weighted by atomic mass is 19.1. The zero-order valence-electron chi connectivity index (χ0n) is 21.6. The number of carbonyl (C=O) groups is 1. The van der Waals surface area contributed by atoms with Crippen LogP contribution in [0.15, 0.2) is 40.8 Å². The lowest BCUT2D eigenvalue weighted by atomic mass is 9.93. The molecule has 1 aromatic carbocycles. The first-order chi connectivity index (χ1) is 19.5. The summed E-state index contributed by atoms with van der Waals surface area (Å²) in [6, 6.07) is 11.9. The quantitative estimate of drug-likeness (QED) is 0.329. The molecule has 206 valence electrons. The number of piperidine rings is 1. The van der Waals surface area contributed by atoms with E-state index in [2.05, 4.69) is 19.9 Å². The van der Waals surface area contributed by atoms with Gasteiger partial charge in [0.25, 0.3) is 0 Å². The van der Waals surface area contributed by atoms with E-state index >= 15 is 0 Å². The predicted molar refractivity (Wildman–Crippen MR) is 138 cm³/mol. The first-order valence-corrected chi connectivity index (χ1v) is 13.2. The van der Waals surface area contributed by atoms with E-state index in [-0.39, 0.29) is 30.1 Å². The number of aromatic nitrogens is 4. The lowest BCUT2D eigenvalue weighted by Crippen LogP contribution is -2.35. The van der Waals surface area contributed by atoms with E-state index in [4.69, 9.17) is 19.2 Å². The lowest BCUT2D eigenvalue weighted by molar-refractivity contribution is -0.0595. The molecule has 0 aliphatic carbocycles. The molecule has 6 rings (SSSR count). The molecule has 0 radical (unpaired) electrons. The molecule has 1 N–H and O–H groups in total. The highest BCUT2D eigenvalue weighted by Gasteiger charge is 2.28. The summed E-state index contributed by atoms with van der Waals surface area (Å²) in [6.07, 6.45) is 2.77. The number of carboxylic acid groups (broad SMARTS) is 1. The molecule has 2 fully saturated rings. The molecule has 1 atom stereocenters. The number of nitrogens with zero attached hydrogens (tertiary/aromatic N) is 6. The van der Waals surface area contributed by atoms with E-state index in [0.29, 0.717) is 42.5 Å². The van der Waals surface area contributed by atoms with Crippen LogP contribution >= 0.6 is 0 Å². The first-order valence-electron chi connectivity index (χ1n) is 13.2. The van der Waals surface area contributed by atoms with Crippen molar-refractivity contribution in [3.05, 3.63) is 70.8 Å². The van der Waals surface area contributed by atoms with Crippen molar-refractivity contribution in [2.45, 2.75) is 51.0 Å². The Morgan fingerprint density at radius 3 is 2.70 bits per heavy atom. The Hall–Kier alpha value is -4.34. The lowest BCUT2D eigenvalue weighted by Gasteiger charge is -2.32. The van der Waals surface area contributed by atoms with Gasteiger partial charge < -0.3 is 19.0 Å². The number of pyridine rings is 1. The number of fused-ring (bicyclic) bond motifs is 1. The van der Waals surface area contributed by atoms with Crippen LogP contribution in [-0.2, 0) is 24.4 Å². The molecule has 0 unspecified atom stereocenters. The molecule has 0 saturated carbocycles. The van der Waals surface area contributed by atoms with Crippen LogP contribution in [0, 0.1) is 17.1 Å². The normalized spacial score (nSPS) is 17.9. The number of rotatable bonds is 9. The summed E-state index contributed by atoms with van der Waals surface area (Å²) in [6.45, 7) is 3.52. The Balaban J connectivity index is 1.08. The minimum Gasteiger partial charge on any atom is -0.474 e. The van der Waals surface area contributed by atoms with Gasteiger partial charge in [0.15, 0.2) is 0 Å². The minimum absolute atomic E-state index is 0.0245. The van der Waals surface area contributed by atoms with E-state index < -0.39 is 11.8 Å². The van der Waals surface area contributed by atoms with Gasteiger partial charge in [0.1, 0.15) is 18.2 Å². The number of hydrogen-bond acceptors (Lipinski definition) is 9. The maximum absolute atomic E-state index is 14.2. The Kier molecular flexibility index (Phi) is 7.15. The van der Waals surface area contributed by atoms with Crippen molar-refractivity contribution >= 4 is 17.3 Å². The minimum atomic E-state index is -1.22. The highest BCUT2D eigenvalue weighted by Crippen LogP contribution is 2.30. The van der Waals surface area contributed by atoms with Gasteiger partial charge in [-0.15, -0.1) is 0 Å². The van der Waals surface area contributed by atoms with Gasteiger partial charge in [0, 0.05) is 29.8 Å². The molecule has 2 aliphatic rings. The van der Waals surface area contributed by atoms with Crippen molar-refractivity contribution in [3.63, 3.8) is 0 Å². The molecule has 2 aliphatic heterocycles. The highest BCUT2D eigenvalue weighted by molar-refractivity contribution is 5.85. The summed E-state index contributed by atoms with van der Waals surface area (Å²) in [5, 5.41) is 18.2. The van der Waals surface area contributed by atoms with Gasteiger partial charge in [-0.3, -0.25) is 9.47 Å². The van der Waals surface area contributed by atoms with Gasteiger partial charge in [0.05, 0.1) is 30.8 Å². The van der Waals surface area contributed by atoms with Crippen molar-refractivity contribution in [3.8, 4) is 11.9 Å². The number of halogens is 1. The van der Waals surface area contributed by atoms with Gasteiger partial charge in [-0.25, -0.2) is 19.2 Å². The molecule has 3 aromatic heterocycles. The van der Waals surface area contributed by atoms with E-state index in [1.54, 1.807) is 18.2 Å². The standard InChI is InChI=1S/C28H27FN6O5/c29-21-12-17(13-30)4-5-19(21)16-39-24-3-1-2-22(31-24)18-6-9-34(10-7-18)15-23-32-25-27(40-26(33-25)28(36)37)35(23)14-20-8-11-38-20/h1-5,12,18,20H,6-11,14-16H2,(H,36,37)/t20-/m0/s1. The van der Waals surface area contributed by atoms with Crippen LogP contribution in [0.2, 0.25) is 0 Å². The Morgan fingerprint density at radius 1 is 1.18 bits per heavy atom. The molecule has 40 heavy (non-hydrogen) atoms. The maximum Gasteiger partial charge on any atom is 0.392 e. The Bertz CT molecular complexity index is 1580. The van der Waals surface area contributed by atoms with Crippen LogP contribution < -0.4 is 4.74 Å². The molecular formula is C28H27FN6O5. The van der Waals surface area contributed by atoms with Gasteiger partial charge in [-0.05, 0) is 50.6 Å². The third-order valence-electron chi connectivity index (χ3n) is 7.42. The number of nitriles is 1. The van der Waals surface area contributed by atoms with Crippen LogP contribution in [0.25, 0.3) is 11.4 Å². The average Bonchev–Trinajstić information content (AvgIpc) is 3.49. The fourth-order valence-corrected chi connectivity index (χ4v) is 5.10. The Labute approximate surface area is 228 Å². The molecule has 2 saturated heterocycles. The number of aromatic carboxylic acids is 1. The van der Waals surface area contributed by atoms with Crippen LogP contribution in [0.4, 0.5) is 4.39 Å². The molecule has 5 heterocycles. The number of ether oxygens (including phenoxy) is 2. The van der Waals surface area contributed by atoms with Crippen molar-refractivity contribution in [2.24, 2.45) is 0 Å². The number of hydrogen-bond donors (Lipinski definition) is 1. The van der Waals surface area contributed by atoms with Gasteiger partial charge in [-0.2, -0.15) is 10.2 Å². The molecule has 0 amide bonds. The zero-order valence-corrected chi connectivity index (χ0v) is 21.6. The predicted octanol–water partition coefficient (Wildman–Crippen LogP) is 3.88.